The van der Waals surface area contributed by atoms with E-state index in [1.807, 2.05) is 7.11 Å². The molecule has 1 saturated carbocycles. The minimum absolute atomic E-state index is 0.287. The fourth-order valence-electron chi connectivity index (χ4n) is 3.71. The number of hydrogen-bond donors (Lipinski definition) is 1. The van der Waals surface area contributed by atoms with E-state index < -0.39 is 0 Å². The molecule has 1 unspecified atom stereocenters. The number of methoxy groups -OCH3 is 1. The van der Waals surface area contributed by atoms with Gasteiger partial charge in [0.05, 0.1) is 13.2 Å². The molecule has 0 aromatic rings. The average molecular weight is 227 g/mol. The second-order valence-electron chi connectivity index (χ2n) is 5.53. The predicted octanol–water partition coefficient (Wildman–Crippen LogP) is 1.51. The molecule has 1 atom stereocenters. The SMILES string of the molecule is COCC1CN(CCO)CC12CCCCC2. The number of likely N-dealkylation sites (tertiary alicyclic amines) is 1. The highest BCUT2D eigenvalue weighted by Crippen LogP contribution is 2.47. The van der Waals surface area contributed by atoms with E-state index in [4.69, 9.17) is 9.84 Å². The van der Waals surface area contributed by atoms with Gasteiger partial charge in [0.25, 0.3) is 0 Å². The lowest BCUT2D eigenvalue weighted by Crippen LogP contribution is -2.35. The van der Waals surface area contributed by atoms with Crippen molar-refractivity contribution >= 4 is 0 Å². The molecule has 1 spiro atoms. The number of aliphatic hydroxyl groups excluding tert-OH is 1. The molecule has 0 bridgehead atoms. The fraction of sp³-hybridized carbons (Fsp3) is 1.00. The zero-order valence-electron chi connectivity index (χ0n) is 10.5. The quantitative estimate of drug-likeness (QED) is 0.790. The van der Waals surface area contributed by atoms with Gasteiger partial charge in [-0.25, -0.2) is 0 Å². The maximum atomic E-state index is 9.06. The third kappa shape index (κ3) is 2.41. The van der Waals surface area contributed by atoms with Crippen LogP contribution in [-0.4, -0.2) is 50.0 Å². The van der Waals surface area contributed by atoms with Gasteiger partial charge < -0.3 is 14.7 Å². The van der Waals surface area contributed by atoms with Gasteiger partial charge in [-0.05, 0) is 18.3 Å². The van der Waals surface area contributed by atoms with Crippen molar-refractivity contribution in [3.63, 3.8) is 0 Å². The van der Waals surface area contributed by atoms with Crippen LogP contribution >= 0.6 is 0 Å². The van der Waals surface area contributed by atoms with E-state index in [2.05, 4.69) is 4.90 Å². The molecular formula is C13H25NO2. The van der Waals surface area contributed by atoms with Gasteiger partial charge in [0.2, 0.25) is 0 Å². The summed E-state index contributed by atoms with van der Waals surface area (Å²) >= 11 is 0. The number of nitrogens with zero attached hydrogens (tertiary/aromatic N) is 1. The van der Waals surface area contributed by atoms with Crippen molar-refractivity contribution in [3.8, 4) is 0 Å². The first-order chi connectivity index (χ1) is 7.80. The van der Waals surface area contributed by atoms with Crippen LogP contribution in [0.25, 0.3) is 0 Å². The second-order valence-corrected chi connectivity index (χ2v) is 5.53. The van der Waals surface area contributed by atoms with Gasteiger partial charge >= 0.3 is 0 Å². The molecule has 0 aromatic carbocycles. The van der Waals surface area contributed by atoms with E-state index in [-0.39, 0.29) is 6.61 Å². The number of β-amino-alcohol motifs (C(OH)–C–C–N with tert-alkyl or cyclic N) is 1. The van der Waals surface area contributed by atoms with Crippen LogP contribution in [0.4, 0.5) is 0 Å². The van der Waals surface area contributed by atoms with Crippen LogP contribution in [0.1, 0.15) is 32.1 Å². The predicted molar refractivity (Wildman–Crippen MR) is 64.4 cm³/mol. The van der Waals surface area contributed by atoms with E-state index in [1.54, 1.807) is 0 Å². The highest BCUT2D eigenvalue weighted by atomic mass is 16.5. The molecule has 1 heterocycles. The Morgan fingerprint density at radius 1 is 1.31 bits per heavy atom. The normalized spacial score (nSPS) is 30.0. The van der Waals surface area contributed by atoms with Crippen molar-refractivity contribution in [2.75, 3.05) is 40.0 Å². The van der Waals surface area contributed by atoms with Gasteiger partial charge in [-0.3, -0.25) is 0 Å². The molecule has 0 amide bonds. The summed E-state index contributed by atoms with van der Waals surface area (Å²) < 4.78 is 5.39. The first-order valence-corrected chi connectivity index (χ1v) is 6.63. The number of aliphatic hydroxyl groups is 1. The summed E-state index contributed by atoms with van der Waals surface area (Å²) in [6, 6.07) is 0. The van der Waals surface area contributed by atoms with Crippen molar-refractivity contribution in [2.24, 2.45) is 11.3 Å². The third-order valence-corrected chi connectivity index (χ3v) is 4.52. The zero-order chi connectivity index (χ0) is 11.4. The van der Waals surface area contributed by atoms with Gasteiger partial charge in [0.1, 0.15) is 0 Å². The maximum Gasteiger partial charge on any atom is 0.0558 e. The molecule has 2 rings (SSSR count). The third-order valence-electron chi connectivity index (χ3n) is 4.52. The first kappa shape index (κ1) is 12.3. The van der Waals surface area contributed by atoms with Crippen LogP contribution in [0.15, 0.2) is 0 Å². The van der Waals surface area contributed by atoms with Crippen LogP contribution in [0, 0.1) is 11.3 Å². The molecule has 3 nitrogen and oxygen atoms in total. The van der Waals surface area contributed by atoms with E-state index in [0.717, 1.165) is 19.7 Å². The highest BCUT2D eigenvalue weighted by Gasteiger charge is 2.46. The summed E-state index contributed by atoms with van der Waals surface area (Å²) in [7, 11) is 1.81. The second kappa shape index (κ2) is 5.48. The van der Waals surface area contributed by atoms with Crippen molar-refractivity contribution in [3.05, 3.63) is 0 Å². The van der Waals surface area contributed by atoms with E-state index in [0.29, 0.717) is 11.3 Å². The molecule has 1 aliphatic carbocycles. The van der Waals surface area contributed by atoms with Crippen LogP contribution in [0.3, 0.4) is 0 Å². The Morgan fingerprint density at radius 3 is 2.69 bits per heavy atom. The van der Waals surface area contributed by atoms with Gasteiger partial charge in [-0.15, -0.1) is 0 Å². The standard InChI is InChI=1S/C13H25NO2/c1-16-10-12-9-14(7-8-15)11-13(12)5-3-2-4-6-13/h12,15H,2-11H2,1H3. The average Bonchev–Trinajstić information content (AvgIpc) is 2.59. The molecule has 16 heavy (non-hydrogen) atoms. The lowest BCUT2D eigenvalue weighted by Gasteiger charge is -2.38. The molecule has 1 N–H and O–H groups in total. The lowest BCUT2D eigenvalue weighted by atomic mass is 9.68. The summed E-state index contributed by atoms with van der Waals surface area (Å²) in [6.45, 7) is 4.32. The molecular weight excluding hydrogens is 202 g/mol. The van der Waals surface area contributed by atoms with Crippen molar-refractivity contribution in [2.45, 2.75) is 32.1 Å². The Kier molecular flexibility index (Phi) is 4.22. The fourth-order valence-corrected chi connectivity index (χ4v) is 3.71. The van der Waals surface area contributed by atoms with Crippen LogP contribution in [-0.2, 0) is 4.74 Å². The summed E-state index contributed by atoms with van der Waals surface area (Å²) in [5.41, 5.74) is 0.503. The number of ether oxygens (including phenoxy) is 1. The minimum Gasteiger partial charge on any atom is -0.395 e. The Balaban J connectivity index is 2.01. The summed E-state index contributed by atoms with van der Waals surface area (Å²) in [6.07, 6.45) is 6.90. The van der Waals surface area contributed by atoms with E-state index in [1.165, 1.54) is 38.6 Å². The summed E-state index contributed by atoms with van der Waals surface area (Å²) in [4.78, 5) is 2.43. The Bertz CT molecular complexity index is 214. The molecule has 1 saturated heterocycles. The molecule has 2 aliphatic rings. The molecule has 2 fully saturated rings. The minimum atomic E-state index is 0.287. The number of rotatable bonds is 4. The molecule has 3 heteroatoms. The van der Waals surface area contributed by atoms with Crippen molar-refractivity contribution in [1.82, 2.24) is 4.90 Å². The Labute approximate surface area is 98.8 Å². The largest absolute Gasteiger partial charge is 0.395 e. The topological polar surface area (TPSA) is 32.7 Å². The Hall–Kier alpha value is -0.120. The van der Waals surface area contributed by atoms with Crippen molar-refractivity contribution in [1.29, 1.82) is 0 Å². The summed E-state index contributed by atoms with van der Waals surface area (Å²) in [5, 5.41) is 9.06. The van der Waals surface area contributed by atoms with Gasteiger partial charge in [0, 0.05) is 32.7 Å². The smallest absolute Gasteiger partial charge is 0.0558 e. The molecule has 94 valence electrons. The summed E-state index contributed by atoms with van der Waals surface area (Å²) in [5.74, 6) is 0.685. The maximum absolute atomic E-state index is 9.06. The van der Waals surface area contributed by atoms with E-state index in [9.17, 15) is 0 Å². The zero-order valence-corrected chi connectivity index (χ0v) is 10.5. The van der Waals surface area contributed by atoms with E-state index >= 15 is 0 Å². The van der Waals surface area contributed by atoms with Crippen molar-refractivity contribution < 1.29 is 9.84 Å². The first-order valence-electron chi connectivity index (χ1n) is 6.63. The molecule has 1 aliphatic heterocycles. The van der Waals surface area contributed by atoms with Crippen LogP contribution < -0.4 is 0 Å². The monoisotopic (exact) mass is 227 g/mol. The van der Waals surface area contributed by atoms with Crippen LogP contribution in [0.5, 0.6) is 0 Å². The Morgan fingerprint density at radius 2 is 2.06 bits per heavy atom. The highest BCUT2D eigenvalue weighted by molar-refractivity contribution is 4.97. The van der Waals surface area contributed by atoms with Gasteiger partial charge in [-0.1, -0.05) is 19.3 Å². The number of hydrogen-bond acceptors (Lipinski definition) is 3. The van der Waals surface area contributed by atoms with Gasteiger partial charge in [-0.2, -0.15) is 0 Å². The van der Waals surface area contributed by atoms with Gasteiger partial charge in [0.15, 0.2) is 0 Å². The van der Waals surface area contributed by atoms with Crippen LogP contribution in [0.2, 0.25) is 0 Å². The molecule has 0 aromatic heterocycles. The lowest BCUT2D eigenvalue weighted by molar-refractivity contribution is 0.0665. The molecule has 0 radical (unpaired) electrons.